The van der Waals surface area contributed by atoms with Crippen molar-refractivity contribution in [2.45, 2.75) is 335 Å². The van der Waals surface area contributed by atoms with Gasteiger partial charge in [-0.3, -0.25) is 37.3 Å². The van der Waals surface area contributed by atoms with E-state index in [1.807, 2.05) is 0 Å². The van der Waals surface area contributed by atoms with Crippen molar-refractivity contribution in [2.75, 3.05) is 39.6 Å². The second-order valence-corrected chi connectivity index (χ2v) is 26.1. The van der Waals surface area contributed by atoms with E-state index in [0.717, 1.165) is 103 Å². The first-order chi connectivity index (χ1) is 41.2. The van der Waals surface area contributed by atoms with Gasteiger partial charge in [0.15, 0.2) is 12.2 Å². The molecule has 0 aromatic rings. The molecule has 0 aliphatic rings. The van der Waals surface area contributed by atoms with Crippen molar-refractivity contribution in [3.63, 3.8) is 0 Å². The summed E-state index contributed by atoms with van der Waals surface area (Å²) >= 11 is 0. The van der Waals surface area contributed by atoms with Gasteiger partial charge >= 0.3 is 39.5 Å². The third-order valence-electron chi connectivity index (χ3n) is 14.7. The summed E-state index contributed by atoms with van der Waals surface area (Å²) in [5.74, 6) is -2.16. The molecular weight excluding hydrogens is 1130 g/mol. The lowest BCUT2D eigenvalue weighted by Crippen LogP contribution is -2.30. The Balaban J connectivity index is 5.26. The quantitative estimate of drug-likeness (QED) is 0.0169. The fourth-order valence-corrected chi connectivity index (χ4v) is 11.0. The molecule has 0 saturated carbocycles. The van der Waals surface area contributed by atoms with E-state index in [1.54, 1.807) is 0 Å². The maximum absolute atomic E-state index is 13.0. The van der Waals surface area contributed by atoms with Crippen LogP contribution >= 0.6 is 15.6 Å². The molecule has 2 unspecified atom stereocenters. The van der Waals surface area contributed by atoms with Crippen LogP contribution < -0.4 is 0 Å². The van der Waals surface area contributed by atoms with E-state index in [9.17, 15) is 43.2 Å². The van der Waals surface area contributed by atoms with Gasteiger partial charge in [0.2, 0.25) is 0 Å². The van der Waals surface area contributed by atoms with Gasteiger partial charge in [0.25, 0.3) is 0 Å². The lowest BCUT2D eigenvalue weighted by molar-refractivity contribution is -0.161. The molecule has 0 rings (SSSR count). The summed E-state index contributed by atoms with van der Waals surface area (Å²) in [6, 6.07) is 0. The van der Waals surface area contributed by atoms with E-state index in [-0.39, 0.29) is 25.7 Å². The van der Waals surface area contributed by atoms with Gasteiger partial charge in [-0.25, -0.2) is 9.13 Å². The van der Waals surface area contributed by atoms with Gasteiger partial charge in [-0.05, 0) is 51.4 Å². The molecule has 0 amide bonds. The maximum Gasteiger partial charge on any atom is 0.472 e. The Bertz CT molecular complexity index is 1730. The molecule has 0 aromatic carbocycles. The lowest BCUT2D eigenvalue weighted by Gasteiger charge is -2.21. The van der Waals surface area contributed by atoms with E-state index in [4.69, 9.17) is 37.0 Å². The van der Waals surface area contributed by atoms with Gasteiger partial charge in [-0.1, -0.05) is 264 Å². The van der Waals surface area contributed by atoms with Crippen molar-refractivity contribution < 1.29 is 80.2 Å². The molecule has 0 aliphatic heterocycles. The summed E-state index contributed by atoms with van der Waals surface area (Å²) in [5, 5.41) is 10.5. The second kappa shape index (κ2) is 60.5. The van der Waals surface area contributed by atoms with Crippen LogP contribution in [0.2, 0.25) is 0 Å². The van der Waals surface area contributed by atoms with Crippen LogP contribution in [-0.2, 0) is 65.4 Å². The minimum Gasteiger partial charge on any atom is -0.462 e. The van der Waals surface area contributed by atoms with Gasteiger partial charge < -0.3 is 33.8 Å². The van der Waals surface area contributed by atoms with Gasteiger partial charge in [0, 0.05) is 25.7 Å². The van der Waals surface area contributed by atoms with E-state index in [1.165, 1.54) is 135 Å². The average molecular weight is 1250 g/mol. The number of aliphatic hydroxyl groups is 1. The van der Waals surface area contributed by atoms with E-state index in [2.05, 4.69) is 52.0 Å². The predicted molar refractivity (Wildman–Crippen MR) is 340 cm³/mol. The van der Waals surface area contributed by atoms with E-state index < -0.39 is 97.5 Å². The number of unbranched alkanes of at least 4 members (excludes halogenated alkanes) is 36. The molecule has 5 atom stereocenters. The first-order valence-electron chi connectivity index (χ1n) is 34.1. The van der Waals surface area contributed by atoms with Crippen LogP contribution in [0.25, 0.3) is 0 Å². The molecule has 85 heavy (non-hydrogen) atoms. The standard InChI is InChI=1S/C66H124O17P2/c1-5-9-13-17-21-25-28-29-30-31-33-37-41-45-49-53-66(71)83-62(57-77-64(69)51-47-43-39-36-32-26-22-18-14-10-6-2)59-81-85(74,75)79-55-60(67)54-78-84(72,73)80-58-61(56-76-63(68)50-46-42-38-34-24-20-16-12-8-4)82-65(70)52-48-44-40-35-27-23-19-15-11-7-3/h25,28-30,60-62,67H,5-24,26-27,31-59H2,1-4H3,(H,72,73)(H,74,75)/b28-25-,30-29-/t60-,61+,62+/m0/s1. The largest absolute Gasteiger partial charge is 0.472 e. The van der Waals surface area contributed by atoms with Crippen LogP contribution in [0.5, 0.6) is 0 Å². The van der Waals surface area contributed by atoms with Gasteiger partial charge in [0.1, 0.15) is 19.3 Å². The van der Waals surface area contributed by atoms with Gasteiger partial charge in [-0.2, -0.15) is 0 Å². The number of carbonyl (C=O) groups excluding carboxylic acids is 4. The van der Waals surface area contributed by atoms with Crippen molar-refractivity contribution in [3.8, 4) is 0 Å². The second-order valence-electron chi connectivity index (χ2n) is 23.2. The fourth-order valence-electron chi connectivity index (χ4n) is 9.45. The summed E-state index contributed by atoms with van der Waals surface area (Å²) in [6.07, 6.45) is 49.3. The van der Waals surface area contributed by atoms with Crippen LogP contribution in [0.15, 0.2) is 24.3 Å². The number of carbonyl (C=O) groups is 4. The molecule has 0 aromatic heterocycles. The number of phosphoric ester groups is 2. The normalized spacial score (nSPS) is 14.3. The summed E-state index contributed by atoms with van der Waals surface area (Å²) < 4.78 is 68.0. The number of aliphatic hydroxyl groups excluding tert-OH is 1. The Morgan fingerprint density at radius 3 is 0.859 bits per heavy atom. The van der Waals surface area contributed by atoms with Crippen LogP contribution in [0.3, 0.4) is 0 Å². The molecule has 0 aliphatic carbocycles. The van der Waals surface area contributed by atoms with Crippen LogP contribution in [-0.4, -0.2) is 96.7 Å². The van der Waals surface area contributed by atoms with Crippen molar-refractivity contribution in [1.29, 1.82) is 0 Å². The minimum atomic E-state index is -4.95. The zero-order valence-electron chi connectivity index (χ0n) is 54.1. The number of ether oxygens (including phenoxy) is 4. The molecule has 19 heteroatoms. The number of hydrogen-bond acceptors (Lipinski definition) is 15. The maximum atomic E-state index is 13.0. The molecule has 0 fully saturated rings. The number of rotatable bonds is 65. The number of phosphoric acid groups is 2. The highest BCUT2D eigenvalue weighted by Crippen LogP contribution is 2.45. The average Bonchev–Trinajstić information content (AvgIpc) is 3.55. The molecule has 3 N–H and O–H groups in total. The van der Waals surface area contributed by atoms with Crippen LogP contribution in [0.4, 0.5) is 0 Å². The molecule has 0 spiro atoms. The SMILES string of the molecule is CCCCCC/C=C\C=C/CCCCCCCC(=O)O[C@H](COC(=O)CCCCCCCCCCCCC)COP(=O)(O)OC[C@@H](O)COP(=O)(O)OC[C@@H](COC(=O)CCCCCCCCCCC)OC(=O)CCCCCCCCCCCC. The third-order valence-corrected chi connectivity index (χ3v) is 16.6. The Labute approximate surface area is 516 Å². The number of allylic oxidation sites excluding steroid dienone is 4. The Hall–Kier alpha value is -2.46. The van der Waals surface area contributed by atoms with Gasteiger partial charge in [-0.15, -0.1) is 0 Å². The summed E-state index contributed by atoms with van der Waals surface area (Å²) in [7, 11) is -9.90. The highest BCUT2D eigenvalue weighted by Gasteiger charge is 2.30. The number of hydrogen-bond donors (Lipinski definition) is 3. The fraction of sp³-hybridized carbons (Fsp3) is 0.879. The van der Waals surface area contributed by atoms with Crippen LogP contribution in [0, 0.1) is 0 Å². The molecule has 0 saturated heterocycles. The van der Waals surface area contributed by atoms with Crippen molar-refractivity contribution in [2.24, 2.45) is 0 Å². The van der Waals surface area contributed by atoms with E-state index in [0.29, 0.717) is 25.7 Å². The molecule has 17 nitrogen and oxygen atoms in total. The summed E-state index contributed by atoms with van der Waals surface area (Å²) in [6.45, 7) is 4.82. The first kappa shape index (κ1) is 82.5. The van der Waals surface area contributed by atoms with Crippen molar-refractivity contribution in [1.82, 2.24) is 0 Å². The monoisotopic (exact) mass is 1250 g/mol. The minimum absolute atomic E-state index is 0.0855. The highest BCUT2D eigenvalue weighted by atomic mass is 31.2. The third kappa shape index (κ3) is 60.2. The molecule has 0 radical (unpaired) electrons. The lowest BCUT2D eigenvalue weighted by atomic mass is 10.1. The zero-order chi connectivity index (χ0) is 62.6. The summed E-state index contributed by atoms with van der Waals surface area (Å²) in [5.41, 5.74) is 0. The Morgan fingerprint density at radius 2 is 0.565 bits per heavy atom. The molecule has 0 bridgehead atoms. The topological polar surface area (TPSA) is 237 Å². The zero-order valence-corrected chi connectivity index (χ0v) is 55.8. The molecule has 500 valence electrons. The smallest absolute Gasteiger partial charge is 0.462 e. The number of esters is 4. The van der Waals surface area contributed by atoms with E-state index >= 15 is 0 Å². The van der Waals surface area contributed by atoms with Gasteiger partial charge in [0.05, 0.1) is 26.4 Å². The molecular formula is C66H124O17P2. The Morgan fingerprint density at radius 1 is 0.329 bits per heavy atom. The highest BCUT2D eigenvalue weighted by molar-refractivity contribution is 7.47. The Kier molecular flexibility index (Phi) is 58.7. The van der Waals surface area contributed by atoms with Crippen molar-refractivity contribution >= 4 is 39.5 Å². The predicted octanol–water partition coefficient (Wildman–Crippen LogP) is 18.3. The first-order valence-corrected chi connectivity index (χ1v) is 37.1. The summed E-state index contributed by atoms with van der Waals surface area (Å²) in [4.78, 5) is 72.2. The van der Waals surface area contributed by atoms with Crippen molar-refractivity contribution in [3.05, 3.63) is 24.3 Å². The molecule has 0 heterocycles. The van der Waals surface area contributed by atoms with Crippen LogP contribution in [0.1, 0.15) is 317 Å².